The molecule has 1 saturated heterocycles. The molecule has 1 amide bonds. The van der Waals surface area contributed by atoms with Crippen molar-refractivity contribution < 1.29 is 27.2 Å². The molecular weight excluding hydrogens is 454 g/mol. The van der Waals surface area contributed by atoms with E-state index in [1.165, 1.54) is 11.2 Å². The van der Waals surface area contributed by atoms with E-state index in [1.807, 2.05) is 0 Å². The number of hydrogen-bond acceptors (Lipinski definition) is 9. The molecule has 4 rings (SSSR count). The summed E-state index contributed by atoms with van der Waals surface area (Å²) in [7, 11) is -3.21. The number of thiophene rings is 1. The van der Waals surface area contributed by atoms with Gasteiger partial charge in [0.2, 0.25) is 0 Å². The number of esters is 1. The number of ether oxygens (including phenoxy) is 1. The maximum absolute atomic E-state index is 13.6. The number of furan rings is 1. The highest BCUT2D eigenvalue weighted by atomic mass is 32.2. The summed E-state index contributed by atoms with van der Waals surface area (Å²) in [6, 6.07) is 4.55. The first-order chi connectivity index (χ1) is 15.2. The summed E-state index contributed by atoms with van der Waals surface area (Å²) in [4.78, 5) is 32.5. The van der Waals surface area contributed by atoms with Gasteiger partial charge in [-0.05, 0) is 38.5 Å². The van der Waals surface area contributed by atoms with Crippen LogP contribution in [0.5, 0.6) is 0 Å². The zero-order chi connectivity index (χ0) is 23.0. The summed E-state index contributed by atoms with van der Waals surface area (Å²) >= 11 is 1.12. The molecule has 0 unspecified atom stereocenters. The lowest BCUT2D eigenvalue weighted by Crippen LogP contribution is -2.40. The molecule has 11 heteroatoms. The monoisotopic (exact) mass is 477 g/mol. The van der Waals surface area contributed by atoms with Crippen molar-refractivity contribution in [3.8, 4) is 0 Å². The van der Waals surface area contributed by atoms with Crippen molar-refractivity contribution in [2.75, 3.05) is 23.8 Å². The fourth-order valence-corrected chi connectivity index (χ4v) is 6.60. The summed E-state index contributed by atoms with van der Waals surface area (Å²) in [6.07, 6.45) is 1.85. The molecule has 1 atom stereocenters. The number of pyridine rings is 1. The summed E-state index contributed by atoms with van der Waals surface area (Å²) in [5.74, 6) is -0.423. The Kier molecular flexibility index (Phi) is 5.95. The molecule has 170 valence electrons. The number of carbonyl (C=O) groups excluding carboxylic acids is 2. The Morgan fingerprint density at radius 2 is 2.19 bits per heavy atom. The van der Waals surface area contributed by atoms with Crippen molar-refractivity contribution in [2.24, 2.45) is 0 Å². The van der Waals surface area contributed by atoms with E-state index in [-0.39, 0.29) is 46.7 Å². The fourth-order valence-electron chi connectivity index (χ4n) is 3.79. The van der Waals surface area contributed by atoms with Crippen molar-refractivity contribution in [1.82, 2.24) is 9.88 Å². The maximum atomic E-state index is 13.6. The lowest BCUT2D eigenvalue weighted by atomic mass is 10.1. The van der Waals surface area contributed by atoms with Gasteiger partial charge in [-0.25, -0.2) is 18.2 Å². The molecule has 0 aromatic carbocycles. The molecule has 4 heterocycles. The highest BCUT2D eigenvalue weighted by molar-refractivity contribution is 7.91. The fraction of sp³-hybridized carbons (Fsp3) is 0.381. The summed E-state index contributed by atoms with van der Waals surface area (Å²) in [6.45, 7) is 3.76. The van der Waals surface area contributed by atoms with Gasteiger partial charge in [0.15, 0.2) is 9.84 Å². The van der Waals surface area contributed by atoms with E-state index >= 15 is 0 Å². The zero-order valence-corrected chi connectivity index (χ0v) is 19.3. The first-order valence-corrected chi connectivity index (χ1v) is 12.7. The van der Waals surface area contributed by atoms with Crippen LogP contribution in [0.15, 0.2) is 28.9 Å². The number of amides is 1. The second-order valence-corrected chi connectivity index (χ2v) is 10.8. The SMILES string of the molecule is CCOC(=O)c1cc2c(N)c(C(=O)N(Cc3ccco3)[C@H]3CCS(=O)(=O)C3)sc2nc1C. The van der Waals surface area contributed by atoms with Crippen LogP contribution in [-0.2, 0) is 21.1 Å². The number of hydrogen-bond donors (Lipinski definition) is 1. The van der Waals surface area contributed by atoms with Crippen molar-refractivity contribution >= 4 is 49.0 Å². The van der Waals surface area contributed by atoms with Gasteiger partial charge in [-0.1, -0.05) is 0 Å². The number of rotatable bonds is 6. The van der Waals surface area contributed by atoms with Crippen molar-refractivity contribution in [2.45, 2.75) is 32.9 Å². The van der Waals surface area contributed by atoms with Crippen LogP contribution in [0.25, 0.3) is 10.2 Å². The Labute approximate surface area is 189 Å². The number of carbonyl (C=O) groups is 2. The van der Waals surface area contributed by atoms with Crippen molar-refractivity contribution in [3.63, 3.8) is 0 Å². The second kappa shape index (κ2) is 8.55. The van der Waals surface area contributed by atoms with E-state index in [0.29, 0.717) is 28.1 Å². The molecule has 3 aromatic heterocycles. The number of aryl methyl sites for hydroxylation is 1. The molecule has 3 aromatic rings. The number of nitrogens with zero attached hydrogens (tertiary/aromatic N) is 2. The quantitative estimate of drug-likeness (QED) is 0.536. The Morgan fingerprint density at radius 3 is 2.81 bits per heavy atom. The van der Waals surface area contributed by atoms with Crippen LogP contribution >= 0.6 is 11.3 Å². The number of sulfone groups is 1. The Bertz CT molecular complexity index is 1280. The standard InChI is InChI=1S/C21H23N3O6S2/c1-3-29-21(26)15-9-16-17(22)18(31-19(16)23-12(15)2)20(25)24(10-14-5-4-7-30-14)13-6-8-32(27,28)11-13/h4-5,7,9,13H,3,6,8,10-11,22H2,1-2H3/t13-/m0/s1. The molecule has 32 heavy (non-hydrogen) atoms. The molecule has 0 bridgehead atoms. The second-order valence-electron chi connectivity index (χ2n) is 7.61. The van der Waals surface area contributed by atoms with Crippen LogP contribution in [-0.4, -0.2) is 54.3 Å². The Hall–Kier alpha value is -2.92. The highest BCUT2D eigenvalue weighted by Crippen LogP contribution is 2.36. The van der Waals surface area contributed by atoms with Crippen molar-refractivity contribution in [1.29, 1.82) is 0 Å². The van der Waals surface area contributed by atoms with Crippen molar-refractivity contribution in [3.05, 3.63) is 46.4 Å². The molecule has 0 radical (unpaired) electrons. The van der Waals surface area contributed by atoms with Gasteiger partial charge in [-0.15, -0.1) is 11.3 Å². The first kappa shape index (κ1) is 22.3. The van der Waals surface area contributed by atoms with Crippen LogP contribution in [0, 0.1) is 6.92 Å². The molecular formula is C21H23N3O6S2. The maximum Gasteiger partial charge on any atom is 0.339 e. The van der Waals surface area contributed by atoms with Crippen LogP contribution in [0.1, 0.15) is 44.8 Å². The minimum atomic E-state index is -3.21. The molecule has 0 saturated carbocycles. The Balaban J connectivity index is 1.73. The van der Waals surface area contributed by atoms with Gasteiger partial charge < -0.3 is 19.8 Å². The number of anilines is 1. The largest absolute Gasteiger partial charge is 0.467 e. The van der Waals surface area contributed by atoms with E-state index in [1.54, 1.807) is 32.0 Å². The molecule has 1 aliphatic rings. The van der Waals surface area contributed by atoms with Crippen LogP contribution in [0.4, 0.5) is 5.69 Å². The normalized spacial score (nSPS) is 17.5. The molecule has 1 fully saturated rings. The Morgan fingerprint density at radius 1 is 1.41 bits per heavy atom. The molecule has 9 nitrogen and oxygen atoms in total. The minimum Gasteiger partial charge on any atom is -0.467 e. The van der Waals surface area contributed by atoms with Crippen LogP contribution in [0.3, 0.4) is 0 Å². The molecule has 0 spiro atoms. The minimum absolute atomic E-state index is 0.0329. The van der Waals surface area contributed by atoms with E-state index in [2.05, 4.69) is 4.98 Å². The average Bonchev–Trinajstić information content (AvgIpc) is 3.45. The number of nitrogen functional groups attached to an aromatic ring is 1. The number of nitrogens with two attached hydrogens (primary N) is 1. The highest BCUT2D eigenvalue weighted by Gasteiger charge is 2.37. The summed E-state index contributed by atoms with van der Waals surface area (Å²) < 4.78 is 34.6. The summed E-state index contributed by atoms with van der Waals surface area (Å²) in [5, 5.41) is 0.490. The van der Waals surface area contributed by atoms with E-state index < -0.39 is 21.8 Å². The van der Waals surface area contributed by atoms with Gasteiger partial charge >= 0.3 is 5.97 Å². The van der Waals surface area contributed by atoms with E-state index in [9.17, 15) is 18.0 Å². The van der Waals surface area contributed by atoms with Gasteiger partial charge in [-0.2, -0.15) is 0 Å². The van der Waals surface area contributed by atoms with E-state index in [0.717, 1.165) is 11.3 Å². The smallest absolute Gasteiger partial charge is 0.339 e. The third-order valence-electron chi connectivity index (χ3n) is 5.42. The topological polar surface area (TPSA) is 133 Å². The van der Waals surface area contributed by atoms with E-state index in [4.69, 9.17) is 14.9 Å². The lowest BCUT2D eigenvalue weighted by Gasteiger charge is -2.27. The van der Waals surface area contributed by atoms with Gasteiger partial charge in [-0.3, -0.25) is 4.79 Å². The third-order valence-corrected chi connectivity index (χ3v) is 8.27. The first-order valence-electron chi connectivity index (χ1n) is 10.1. The molecule has 2 N–H and O–H groups in total. The van der Waals surface area contributed by atoms with Crippen LogP contribution in [0.2, 0.25) is 0 Å². The zero-order valence-electron chi connectivity index (χ0n) is 17.7. The predicted octanol–water partition coefficient (Wildman–Crippen LogP) is 2.79. The number of fused-ring (bicyclic) bond motifs is 1. The third kappa shape index (κ3) is 4.22. The van der Waals surface area contributed by atoms with Crippen LogP contribution < -0.4 is 5.73 Å². The van der Waals surface area contributed by atoms with Gasteiger partial charge in [0, 0.05) is 11.4 Å². The number of aromatic nitrogens is 1. The van der Waals surface area contributed by atoms with Gasteiger partial charge in [0.1, 0.15) is 15.5 Å². The van der Waals surface area contributed by atoms with Gasteiger partial charge in [0.25, 0.3) is 5.91 Å². The summed E-state index contributed by atoms with van der Waals surface area (Å²) in [5.41, 5.74) is 7.30. The molecule has 1 aliphatic heterocycles. The average molecular weight is 478 g/mol. The lowest BCUT2D eigenvalue weighted by molar-refractivity contribution is 0.0524. The van der Waals surface area contributed by atoms with Gasteiger partial charge in [0.05, 0.1) is 47.9 Å². The molecule has 0 aliphatic carbocycles. The predicted molar refractivity (Wildman–Crippen MR) is 120 cm³/mol.